The highest BCUT2D eigenvalue weighted by atomic mass is 16.2. The lowest BCUT2D eigenvalue weighted by atomic mass is 9.92. The quantitative estimate of drug-likeness (QED) is 0.236. The number of rotatable bonds is 2. The van der Waals surface area contributed by atoms with Crippen LogP contribution < -0.4 is 16.6 Å². The summed E-state index contributed by atoms with van der Waals surface area (Å²) in [6.07, 6.45) is 0.816. The number of nitrogens with two attached hydrogens (primary N) is 1. The van der Waals surface area contributed by atoms with Crippen LogP contribution in [-0.2, 0) is 9.59 Å². The molecule has 0 atom stereocenters. The molecule has 0 bridgehead atoms. The fourth-order valence-electron chi connectivity index (χ4n) is 0.697. The van der Waals surface area contributed by atoms with Gasteiger partial charge in [0.1, 0.15) is 0 Å². The number of carbonyl (C=O) groups is 2. The summed E-state index contributed by atoms with van der Waals surface area (Å²) in [6.45, 7) is 6.65. The molecule has 0 aromatic carbocycles. The predicted octanol–water partition coefficient (Wildman–Crippen LogP) is -0.471. The lowest BCUT2D eigenvalue weighted by Crippen LogP contribution is -2.43. The molecule has 13 heavy (non-hydrogen) atoms. The van der Waals surface area contributed by atoms with E-state index in [9.17, 15) is 9.59 Å². The summed E-state index contributed by atoms with van der Waals surface area (Å²) in [4.78, 5) is 21.5. The highest BCUT2D eigenvalue weighted by molar-refractivity contribution is 6.34. The third kappa shape index (κ3) is 6.10. The Morgan fingerprint density at radius 1 is 1.23 bits per heavy atom. The van der Waals surface area contributed by atoms with Crippen molar-refractivity contribution in [3.8, 4) is 0 Å². The van der Waals surface area contributed by atoms with Gasteiger partial charge in [-0.2, -0.15) is 0 Å². The molecule has 0 aliphatic heterocycles. The lowest BCUT2D eigenvalue weighted by molar-refractivity contribution is -0.139. The Bertz CT molecular complexity index is 196. The van der Waals surface area contributed by atoms with Crippen LogP contribution in [0.25, 0.3) is 0 Å². The van der Waals surface area contributed by atoms with Gasteiger partial charge >= 0.3 is 11.8 Å². The van der Waals surface area contributed by atoms with Crippen molar-refractivity contribution in [2.24, 2.45) is 11.3 Å². The van der Waals surface area contributed by atoms with Crippen LogP contribution in [0.4, 0.5) is 0 Å². The van der Waals surface area contributed by atoms with E-state index in [1.165, 1.54) is 0 Å². The van der Waals surface area contributed by atoms with Gasteiger partial charge in [0.05, 0.1) is 0 Å². The third-order valence-electron chi connectivity index (χ3n) is 1.50. The summed E-state index contributed by atoms with van der Waals surface area (Å²) in [5.41, 5.74) is 1.91. The smallest absolute Gasteiger partial charge is 0.323 e. The topological polar surface area (TPSA) is 84.2 Å². The van der Waals surface area contributed by atoms with Crippen LogP contribution in [0, 0.1) is 5.41 Å². The molecule has 0 aliphatic carbocycles. The molecule has 4 N–H and O–H groups in total. The summed E-state index contributed by atoms with van der Waals surface area (Å²) in [7, 11) is 0. The van der Waals surface area contributed by atoms with E-state index < -0.39 is 11.8 Å². The second-order valence-corrected chi connectivity index (χ2v) is 4.04. The van der Waals surface area contributed by atoms with Crippen LogP contribution in [0.5, 0.6) is 0 Å². The van der Waals surface area contributed by atoms with Gasteiger partial charge in [-0.15, -0.1) is 0 Å². The Kier molecular flexibility index (Phi) is 4.40. The molecule has 0 spiro atoms. The second-order valence-electron chi connectivity index (χ2n) is 4.04. The summed E-state index contributed by atoms with van der Waals surface area (Å²) in [6, 6.07) is 0. The van der Waals surface area contributed by atoms with E-state index in [2.05, 4.69) is 26.1 Å². The maximum atomic E-state index is 10.9. The van der Waals surface area contributed by atoms with E-state index >= 15 is 0 Å². The minimum atomic E-state index is -0.811. The van der Waals surface area contributed by atoms with Gasteiger partial charge < -0.3 is 5.32 Å². The van der Waals surface area contributed by atoms with Crippen molar-refractivity contribution in [2.75, 3.05) is 6.54 Å². The Morgan fingerprint density at radius 3 is 2.15 bits per heavy atom. The highest BCUT2D eigenvalue weighted by Gasteiger charge is 2.13. The zero-order chi connectivity index (χ0) is 10.5. The van der Waals surface area contributed by atoms with Gasteiger partial charge in [-0.3, -0.25) is 15.0 Å². The molecule has 5 heteroatoms. The normalized spacial score (nSPS) is 10.8. The van der Waals surface area contributed by atoms with Crippen LogP contribution in [0.2, 0.25) is 0 Å². The molecule has 0 aromatic rings. The number of amides is 2. The van der Waals surface area contributed by atoms with Gasteiger partial charge in [-0.05, 0) is 11.8 Å². The zero-order valence-electron chi connectivity index (χ0n) is 8.31. The predicted molar refractivity (Wildman–Crippen MR) is 49.4 cm³/mol. The van der Waals surface area contributed by atoms with Crippen molar-refractivity contribution in [2.45, 2.75) is 27.2 Å². The van der Waals surface area contributed by atoms with Crippen LogP contribution in [0.1, 0.15) is 27.2 Å². The minimum Gasteiger partial charge on any atom is -0.348 e. The molecule has 0 heterocycles. The van der Waals surface area contributed by atoms with E-state index in [4.69, 9.17) is 5.84 Å². The van der Waals surface area contributed by atoms with Gasteiger partial charge in [0.25, 0.3) is 0 Å². The van der Waals surface area contributed by atoms with E-state index in [-0.39, 0.29) is 5.41 Å². The van der Waals surface area contributed by atoms with E-state index in [0.717, 1.165) is 6.42 Å². The van der Waals surface area contributed by atoms with Gasteiger partial charge in [0.15, 0.2) is 0 Å². The fourth-order valence-corrected chi connectivity index (χ4v) is 0.697. The standard InChI is InChI=1S/C8H17N3O2/c1-8(2,3)4-5-10-6(12)7(13)11-9/h4-5,9H2,1-3H3,(H,10,12)(H,11,13). The summed E-state index contributed by atoms with van der Waals surface area (Å²) >= 11 is 0. The molecule has 0 saturated carbocycles. The van der Waals surface area contributed by atoms with Crippen LogP contribution in [0.15, 0.2) is 0 Å². The molecule has 0 unspecified atom stereocenters. The molecule has 0 saturated heterocycles. The molecule has 5 nitrogen and oxygen atoms in total. The average molecular weight is 187 g/mol. The highest BCUT2D eigenvalue weighted by Crippen LogP contribution is 2.16. The van der Waals surface area contributed by atoms with E-state index in [0.29, 0.717) is 6.54 Å². The minimum absolute atomic E-state index is 0.145. The molecule has 0 aromatic heterocycles. The maximum absolute atomic E-state index is 10.9. The number of hydrogen-bond acceptors (Lipinski definition) is 3. The molecule has 0 radical (unpaired) electrons. The van der Waals surface area contributed by atoms with Crippen molar-refractivity contribution in [3.05, 3.63) is 0 Å². The summed E-state index contributed by atoms with van der Waals surface area (Å²) in [5.74, 6) is 3.27. The molecule has 2 amide bonds. The average Bonchev–Trinajstić information content (AvgIpc) is 2.00. The van der Waals surface area contributed by atoms with Crippen LogP contribution in [0.3, 0.4) is 0 Å². The molecule has 0 rings (SSSR count). The van der Waals surface area contributed by atoms with E-state index in [1.807, 2.05) is 0 Å². The number of hydrogen-bond donors (Lipinski definition) is 3. The Morgan fingerprint density at radius 2 is 1.77 bits per heavy atom. The SMILES string of the molecule is CC(C)(C)CCNC(=O)C(=O)NN. The van der Waals surface area contributed by atoms with Crippen molar-refractivity contribution in [3.63, 3.8) is 0 Å². The van der Waals surface area contributed by atoms with Gasteiger partial charge in [0.2, 0.25) is 0 Å². The van der Waals surface area contributed by atoms with Crippen molar-refractivity contribution < 1.29 is 9.59 Å². The van der Waals surface area contributed by atoms with Crippen molar-refractivity contribution >= 4 is 11.8 Å². The third-order valence-corrected chi connectivity index (χ3v) is 1.50. The molecule has 0 aliphatic rings. The Balaban J connectivity index is 3.66. The van der Waals surface area contributed by atoms with Crippen LogP contribution >= 0.6 is 0 Å². The molecule has 76 valence electrons. The van der Waals surface area contributed by atoms with Gasteiger partial charge in [0, 0.05) is 6.54 Å². The fraction of sp³-hybridized carbons (Fsp3) is 0.750. The number of nitrogens with one attached hydrogen (secondary N) is 2. The molecular formula is C8H17N3O2. The Labute approximate surface area is 78.0 Å². The maximum Gasteiger partial charge on any atom is 0.323 e. The number of carbonyl (C=O) groups excluding carboxylic acids is 2. The van der Waals surface area contributed by atoms with E-state index in [1.54, 1.807) is 5.43 Å². The first-order valence-corrected chi connectivity index (χ1v) is 4.15. The Hall–Kier alpha value is -1.10. The van der Waals surface area contributed by atoms with Crippen molar-refractivity contribution in [1.29, 1.82) is 0 Å². The monoisotopic (exact) mass is 187 g/mol. The number of hydrazine groups is 1. The van der Waals surface area contributed by atoms with Gasteiger partial charge in [-0.25, -0.2) is 5.84 Å². The van der Waals surface area contributed by atoms with Crippen molar-refractivity contribution in [1.82, 2.24) is 10.7 Å². The lowest BCUT2D eigenvalue weighted by Gasteiger charge is -2.17. The second kappa shape index (κ2) is 4.81. The molecular weight excluding hydrogens is 170 g/mol. The summed E-state index contributed by atoms with van der Waals surface area (Å²) < 4.78 is 0. The molecule has 0 fully saturated rings. The van der Waals surface area contributed by atoms with Crippen LogP contribution in [-0.4, -0.2) is 18.4 Å². The summed E-state index contributed by atoms with van der Waals surface area (Å²) in [5, 5.41) is 2.46. The first-order chi connectivity index (χ1) is 5.87. The first kappa shape index (κ1) is 11.9. The first-order valence-electron chi connectivity index (χ1n) is 4.15. The van der Waals surface area contributed by atoms with Gasteiger partial charge in [-0.1, -0.05) is 20.8 Å². The largest absolute Gasteiger partial charge is 0.348 e. The zero-order valence-corrected chi connectivity index (χ0v) is 8.31.